The Morgan fingerprint density at radius 1 is 1.41 bits per heavy atom. The standard InChI is InChI=1S/C12H22N4O/c1-8(2)5-10(13)7-14-11-6-12(17-4)16-9(3)15-11/h6,8,10H,5,7,13H2,1-4H3,(H,14,15,16). The zero-order valence-electron chi connectivity index (χ0n) is 11.0. The number of methoxy groups -OCH3 is 1. The highest BCUT2D eigenvalue weighted by molar-refractivity contribution is 5.38. The molecule has 17 heavy (non-hydrogen) atoms. The van der Waals surface area contributed by atoms with Gasteiger partial charge in [0.05, 0.1) is 7.11 Å². The second kappa shape index (κ2) is 6.39. The van der Waals surface area contributed by atoms with Crippen molar-refractivity contribution in [3.63, 3.8) is 0 Å². The summed E-state index contributed by atoms with van der Waals surface area (Å²) in [5.41, 5.74) is 5.99. The van der Waals surface area contributed by atoms with E-state index >= 15 is 0 Å². The Balaban J connectivity index is 2.54. The van der Waals surface area contributed by atoms with E-state index in [0.29, 0.717) is 24.2 Å². The molecule has 0 radical (unpaired) electrons. The molecule has 0 aliphatic carbocycles. The molecule has 0 saturated carbocycles. The van der Waals surface area contributed by atoms with Crippen molar-refractivity contribution in [3.05, 3.63) is 11.9 Å². The number of rotatable bonds is 6. The van der Waals surface area contributed by atoms with Crippen LogP contribution in [0.1, 0.15) is 26.1 Å². The third kappa shape index (κ3) is 4.99. The number of aromatic nitrogens is 2. The summed E-state index contributed by atoms with van der Waals surface area (Å²) in [5, 5.41) is 3.21. The number of hydrogen-bond donors (Lipinski definition) is 2. The van der Waals surface area contributed by atoms with Crippen LogP contribution in [0.3, 0.4) is 0 Å². The van der Waals surface area contributed by atoms with Crippen LogP contribution >= 0.6 is 0 Å². The fourth-order valence-electron chi connectivity index (χ4n) is 1.66. The summed E-state index contributed by atoms with van der Waals surface area (Å²) in [6.45, 7) is 6.87. The molecule has 0 aliphatic heterocycles. The zero-order valence-corrected chi connectivity index (χ0v) is 11.0. The van der Waals surface area contributed by atoms with Crippen molar-refractivity contribution in [2.45, 2.75) is 33.2 Å². The van der Waals surface area contributed by atoms with E-state index in [2.05, 4.69) is 29.1 Å². The highest BCUT2D eigenvalue weighted by Crippen LogP contribution is 2.13. The van der Waals surface area contributed by atoms with Gasteiger partial charge in [-0.1, -0.05) is 13.8 Å². The van der Waals surface area contributed by atoms with E-state index < -0.39 is 0 Å². The Hall–Kier alpha value is -1.36. The second-order valence-electron chi connectivity index (χ2n) is 4.61. The van der Waals surface area contributed by atoms with Crippen LogP contribution < -0.4 is 15.8 Å². The molecular formula is C12H22N4O. The largest absolute Gasteiger partial charge is 0.481 e. The minimum absolute atomic E-state index is 0.135. The van der Waals surface area contributed by atoms with Gasteiger partial charge in [-0.05, 0) is 19.3 Å². The summed E-state index contributed by atoms with van der Waals surface area (Å²) in [4.78, 5) is 8.40. The third-order valence-corrected chi connectivity index (χ3v) is 2.34. The van der Waals surface area contributed by atoms with Gasteiger partial charge < -0.3 is 15.8 Å². The van der Waals surface area contributed by atoms with Crippen LogP contribution in [-0.2, 0) is 0 Å². The van der Waals surface area contributed by atoms with E-state index in [0.717, 1.165) is 12.2 Å². The quantitative estimate of drug-likeness (QED) is 0.787. The molecule has 0 aliphatic rings. The Labute approximate surface area is 103 Å². The lowest BCUT2D eigenvalue weighted by Crippen LogP contribution is -2.30. The first kappa shape index (κ1) is 13.7. The molecule has 5 nitrogen and oxygen atoms in total. The first-order valence-electron chi connectivity index (χ1n) is 5.90. The minimum atomic E-state index is 0.135. The van der Waals surface area contributed by atoms with Crippen LogP contribution in [0.15, 0.2) is 6.07 Å². The molecule has 1 heterocycles. The van der Waals surface area contributed by atoms with Gasteiger partial charge >= 0.3 is 0 Å². The molecule has 0 spiro atoms. The van der Waals surface area contributed by atoms with E-state index in [1.54, 1.807) is 13.2 Å². The van der Waals surface area contributed by atoms with Crippen molar-refractivity contribution in [1.82, 2.24) is 9.97 Å². The van der Waals surface area contributed by atoms with Crippen molar-refractivity contribution in [2.24, 2.45) is 11.7 Å². The molecule has 0 amide bonds. The van der Waals surface area contributed by atoms with Crippen molar-refractivity contribution in [1.29, 1.82) is 0 Å². The second-order valence-corrected chi connectivity index (χ2v) is 4.61. The molecule has 5 heteroatoms. The average molecular weight is 238 g/mol. The topological polar surface area (TPSA) is 73.1 Å². The summed E-state index contributed by atoms with van der Waals surface area (Å²) in [6.07, 6.45) is 0.994. The van der Waals surface area contributed by atoms with Gasteiger partial charge in [0.15, 0.2) is 0 Å². The highest BCUT2D eigenvalue weighted by Gasteiger charge is 2.07. The molecule has 1 aromatic rings. The van der Waals surface area contributed by atoms with Crippen LogP contribution in [0.5, 0.6) is 5.88 Å². The molecule has 0 aromatic carbocycles. The van der Waals surface area contributed by atoms with Crippen LogP contribution in [-0.4, -0.2) is 29.7 Å². The van der Waals surface area contributed by atoms with E-state index in [1.165, 1.54) is 0 Å². The summed E-state index contributed by atoms with van der Waals surface area (Å²) < 4.78 is 5.08. The van der Waals surface area contributed by atoms with Crippen molar-refractivity contribution < 1.29 is 4.74 Å². The summed E-state index contributed by atoms with van der Waals surface area (Å²) >= 11 is 0. The van der Waals surface area contributed by atoms with E-state index in [4.69, 9.17) is 10.5 Å². The van der Waals surface area contributed by atoms with Crippen molar-refractivity contribution >= 4 is 5.82 Å². The molecule has 0 fully saturated rings. The molecule has 0 saturated heterocycles. The number of ether oxygens (including phenoxy) is 1. The van der Waals surface area contributed by atoms with Crippen LogP contribution in [0.4, 0.5) is 5.82 Å². The number of hydrogen-bond acceptors (Lipinski definition) is 5. The van der Waals surface area contributed by atoms with E-state index in [1.807, 2.05) is 6.92 Å². The lowest BCUT2D eigenvalue weighted by molar-refractivity contribution is 0.396. The van der Waals surface area contributed by atoms with Gasteiger partial charge in [0.25, 0.3) is 0 Å². The van der Waals surface area contributed by atoms with Gasteiger partial charge in [-0.15, -0.1) is 0 Å². The molecule has 1 rings (SSSR count). The summed E-state index contributed by atoms with van der Waals surface area (Å²) in [6, 6.07) is 1.91. The van der Waals surface area contributed by atoms with Crippen LogP contribution in [0.25, 0.3) is 0 Å². The molecule has 0 bridgehead atoms. The minimum Gasteiger partial charge on any atom is -0.481 e. The molecular weight excluding hydrogens is 216 g/mol. The predicted molar refractivity (Wildman–Crippen MR) is 69.2 cm³/mol. The van der Waals surface area contributed by atoms with Crippen LogP contribution in [0, 0.1) is 12.8 Å². The monoisotopic (exact) mass is 238 g/mol. The van der Waals surface area contributed by atoms with E-state index in [-0.39, 0.29) is 6.04 Å². The van der Waals surface area contributed by atoms with Gasteiger partial charge in [-0.3, -0.25) is 0 Å². The Morgan fingerprint density at radius 3 is 2.71 bits per heavy atom. The Kier molecular flexibility index (Phi) is 5.15. The first-order valence-corrected chi connectivity index (χ1v) is 5.90. The Morgan fingerprint density at radius 2 is 2.12 bits per heavy atom. The highest BCUT2D eigenvalue weighted by atomic mass is 16.5. The third-order valence-electron chi connectivity index (χ3n) is 2.34. The summed E-state index contributed by atoms with van der Waals surface area (Å²) in [7, 11) is 1.59. The molecule has 1 unspecified atom stereocenters. The maximum atomic E-state index is 5.99. The van der Waals surface area contributed by atoms with Gasteiger partial charge in [-0.2, -0.15) is 4.98 Å². The van der Waals surface area contributed by atoms with Gasteiger partial charge in [0.1, 0.15) is 11.6 Å². The number of nitrogens with two attached hydrogens (primary N) is 1. The van der Waals surface area contributed by atoms with Gasteiger partial charge in [0, 0.05) is 18.7 Å². The van der Waals surface area contributed by atoms with Gasteiger partial charge in [0.2, 0.25) is 5.88 Å². The maximum Gasteiger partial charge on any atom is 0.218 e. The van der Waals surface area contributed by atoms with Crippen molar-refractivity contribution in [2.75, 3.05) is 19.0 Å². The number of aryl methyl sites for hydroxylation is 1. The van der Waals surface area contributed by atoms with Crippen molar-refractivity contribution in [3.8, 4) is 5.88 Å². The zero-order chi connectivity index (χ0) is 12.8. The lowest BCUT2D eigenvalue weighted by atomic mass is 10.0. The lowest BCUT2D eigenvalue weighted by Gasteiger charge is -2.15. The normalized spacial score (nSPS) is 12.6. The Bertz CT molecular complexity index is 354. The maximum absolute atomic E-state index is 5.99. The molecule has 1 aromatic heterocycles. The fourth-order valence-corrected chi connectivity index (χ4v) is 1.66. The number of anilines is 1. The van der Waals surface area contributed by atoms with Gasteiger partial charge in [-0.25, -0.2) is 4.98 Å². The number of nitrogens with one attached hydrogen (secondary N) is 1. The first-order chi connectivity index (χ1) is 8.01. The molecule has 1 atom stereocenters. The average Bonchev–Trinajstić information content (AvgIpc) is 2.24. The molecule has 3 N–H and O–H groups in total. The predicted octanol–water partition coefficient (Wildman–Crippen LogP) is 1.58. The van der Waals surface area contributed by atoms with Crippen LogP contribution in [0.2, 0.25) is 0 Å². The number of nitrogens with zero attached hydrogens (tertiary/aromatic N) is 2. The van der Waals surface area contributed by atoms with E-state index in [9.17, 15) is 0 Å². The SMILES string of the molecule is COc1cc(NCC(N)CC(C)C)nc(C)n1. The fraction of sp³-hybridized carbons (Fsp3) is 0.667. The smallest absolute Gasteiger partial charge is 0.218 e. The summed E-state index contributed by atoms with van der Waals surface area (Å²) in [5.74, 6) is 2.61. The molecule has 96 valence electrons.